The summed E-state index contributed by atoms with van der Waals surface area (Å²) < 4.78 is 4.94. The molecule has 0 bridgehead atoms. The molecule has 0 atom stereocenters. The molecule has 1 N–H and O–H groups in total. The Hall–Kier alpha value is -3.51. The summed E-state index contributed by atoms with van der Waals surface area (Å²) in [4.78, 5) is 34.6. The summed E-state index contributed by atoms with van der Waals surface area (Å²) in [6.07, 6.45) is 2.61. The molecule has 0 radical (unpaired) electrons. The highest BCUT2D eigenvalue weighted by atomic mass is 32.1. The Morgan fingerprint density at radius 2 is 2.19 bits per heavy atom. The highest BCUT2D eigenvalue weighted by molar-refractivity contribution is 7.18. The highest BCUT2D eigenvalue weighted by Gasteiger charge is 2.21. The lowest BCUT2D eigenvalue weighted by Crippen LogP contribution is -2.07. The summed E-state index contributed by atoms with van der Waals surface area (Å²) in [6, 6.07) is 7.78. The molecule has 2 rings (SSSR count). The number of thiophene rings is 1. The summed E-state index contributed by atoms with van der Waals surface area (Å²) in [6.45, 7) is 3.48. The van der Waals surface area contributed by atoms with Gasteiger partial charge in [-0.25, -0.2) is 4.79 Å². The molecule has 1 aromatic carbocycles. The standard InChI is InChI=1S/C18H15N3O5S/c1-3-26-18(23)16-11(2)14(10-19)17(27-16)20-15(22)8-7-12-5-4-6-13(9-12)21(24)25/h4-9H,3H2,1-2H3,(H,20,22)/b8-7+. The minimum absolute atomic E-state index is 0.0858. The first-order valence-corrected chi connectivity index (χ1v) is 8.63. The zero-order chi connectivity index (χ0) is 20.0. The van der Waals surface area contributed by atoms with Gasteiger partial charge in [0, 0.05) is 18.2 Å². The molecule has 2 aromatic rings. The Balaban J connectivity index is 2.19. The van der Waals surface area contributed by atoms with Crippen LogP contribution in [0, 0.1) is 28.4 Å². The number of non-ortho nitro benzene ring substituents is 1. The van der Waals surface area contributed by atoms with Gasteiger partial charge in [0.15, 0.2) is 0 Å². The number of nitrogens with one attached hydrogen (secondary N) is 1. The number of anilines is 1. The Labute approximate surface area is 158 Å². The van der Waals surface area contributed by atoms with Crippen molar-refractivity contribution in [3.8, 4) is 6.07 Å². The van der Waals surface area contributed by atoms with Crippen molar-refractivity contribution in [3.05, 3.63) is 62.0 Å². The summed E-state index contributed by atoms with van der Waals surface area (Å²) in [5, 5.41) is 22.9. The van der Waals surface area contributed by atoms with Crippen LogP contribution in [0.15, 0.2) is 30.3 Å². The average Bonchev–Trinajstić information content (AvgIpc) is 2.95. The lowest BCUT2D eigenvalue weighted by atomic mass is 10.1. The van der Waals surface area contributed by atoms with E-state index in [-0.39, 0.29) is 27.7 Å². The average molecular weight is 385 g/mol. The van der Waals surface area contributed by atoms with E-state index in [0.29, 0.717) is 11.1 Å². The van der Waals surface area contributed by atoms with Gasteiger partial charge in [-0.05, 0) is 31.1 Å². The number of ether oxygens (including phenoxy) is 1. The summed E-state index contributed by atoms with van der Waals surface area (Å²) >= 11 is 0.963. The molecule has 0 saturated carbocycles. The van der Waals surface area contributed by atoms with Gasteiger partial charge in [0.05, 0.1) is 17.1 Å². The molecule has 0 aliphatic rings. The predicted molar refractivity (Wildman–Crippen MR) is 100 cm³/mol. The molecule has 138 valence electrons. The Bertz CT molecular complexity index is 972. The monoisotopic (exact) mass is 385 g/mol. The van der Waals surface area contributed by atoms with Gasteiger partial charge in [-0.2, -0.15) is 5.26 Å². The number of benzene rings is 1. The van der Waals surface area contributed by atoms with Gasteiger partial charge in [0.2, 0.25) is 5.91 Å². The van der Waals surface area contributed by atoms with Crippen molar-refractivity contribution in [1.29, 1.82) is 5.26 Å². The summed E-state index contributed by atoms with van der Waals surface area (Å²) in [5.41, 5.74) is 1.03. The second kappa shape index (κ2) is 8.73. The SMILES string of the molecule is CCOC(=O)c1sc(NC(=O)/C=C/c2cccc([N+](=O)[O-])c2)c(C#N)c1C. The van der Waals surface area contributed by atoms with Crippen LogP contribution in [0.5, 0.6) is 0 Å². The first-order valence-electron chi connectivity index (χ1n) is 7.81. The molecule has 9 heteroatoms. The number of nitro groups is 1. The molecule has 1 heterocycles. The summed E-state index contributed by atoms with van der Waals surface area (Å²) in [7, 11) is 0. The lowest BCUT2D eigenvalue weighted by Gasteiger charge is -1.99. The van der Waals surface area contributed by atoms with Crippen LogP contribution < -0.4 is 5.32 Å². The first-order chi connectivity index (χ1) is 12.9. The second-order valence-electron chi connectivity index (χ2n) is 5.27. The predicted octanol–water partition coefficient (Wildman–Crippen LogP) is 3.67. The molecule has 0 fully saturated rings. The number of nitriles is 1. The van der Waals surface area contributed by atoms with Crippen LogP contribution in [0.4, 0.5) is 10.7 Å². The molecular weight excluding hydrogens is 370 g/mol. The number of carbonyl (C=O) groups is 2. The van der Waals surface area contributed by atoms with Gasteiger partial charge >= 0.3 is 5.97 Å². The molecule has 0 unspecified atom stereocenters. The van der Waals surface area contributed by atoms with Gasteiger partial charge < -0.3 is 10.1 Å². The van der Waals surface area contributed by atoms with Crippen LogP contribution in [0.1, 0.15) is 33.3 Å². The number of amides is 1. The van der Waals surface area contributed by atoms with Crippen LogP contribution >= 0.6 is 11.3 Å². The molecule has 8 nitrogen and oxygen atoms in total. The second-order valence-corrected chi connectivity index (χ2v) is 6.29. The topological polar surface area (TPSA) is 122 Å². The van der Waals surface area contributed by atoms with E-state index in [1.807, 2.05) is 6.07 Å². The van der Waals surface area contributed by atoms with Gasteiger partial charge in [-0.15, -0.1) is 11.3 Å². The van der Waals surface area contributed by atoms with Crippen molar-refractivity contribution < 1.29 is 19.2 Å². The van der Waals surface area contributed by atoms with Crippen molar-refractivity contribution >= 4 is 40.0 Å². The molecule has 0 aliphatic heterocycles. The highest BCUT2D eigenvalue weighted by Crippen LogP contribution is 2.33. The van der Waals surface area contributed by atoms with E-state index in [1.165, 1.54) is 30.4 Å². The minimum atomic E-state index is -0.552. The number of carbonyl (C=O) groups excluding carboxylic acids is 2. The molecule has 27 heavy (non-hydrogen) atoms. The van der Waals surface area contributed by atoms with Crippen LogP contribution in [-0.4, -0.2) is 23.4 Å². The maximum atomic E-state index is 12.1. The third-order valence-corrected chi connectivity index (χ3v) is 4.65. The number of hydrogen-bond donors (Lipinski definition) is 1. The molecule has 1 amide bonds. The zero-order valence-electron chi connectivity index (χ0n) is 14.5. The van der Waals surface area contributed by atoms with Crippen LogP contribution in [0.25, 0.3) is 6.08 Å². The van der Waals surface area contributed by atoms with Gasteiger partial charge in [0.25, 0.3) is 5.69 Å². The van der Waals surface area contributed by atoms with Crippen molar-refractivity contribution in [2.45, 2.75) is 13.8 Å². The van der Waals surface area contributed by atoms with E-state index < -0.39 is 16.8 Å². The normalized spacial score (nSPS) is 10.4. The maximum Gasteiger partial charge on any atom is 0.348 e. The number of esters is 1. The number of hydrogen-bond acceptors (Lipinski definition) is 7. The fourth-order valence-electron chi connectivity index (χ4n) is 2.20. The van der Waals surface area contributed by atoms with Gasteiger partial charge in [0.1, 0.15) is 15.9 Å². The first kappa shape index (κ1) is 19.8. The number of nitro benzene ring substituents is 1. The lowest BCUT2D eigenvalue weighted by molar-refractivity contribution is -0.384. The Morgan fingerprint density at radius 3 is 2.81 bits per heavy atom. The molecule has 0 spiro atoms. The van der Waals surface area contributed by atoms with Crippen LogP contribution in [-0.2, 0) is 9.53 Å². The Kier molecular flexibility index (Phi) is 6.41. The zero-order valence-corrected chi connectivity index (χ0v) is 15.3. The minimum Gasteiger partial charge on any atom is -0.462 e. The van der Waals surface area contributed by atoms with Crippen LogP contribution in [0.3, 0.4) is 0 Å². The van der Waals surface area contributed by atoms with E-state index in [0.717, 1.165) is 11.3 Å². The summed E-state index contributed by atoms with van der Waals surface area (Å²) in [5.74, 6) is -1.08. The molecule has 0 aliphatic carbocycles. The third-order valence-electron chi connectivity index (χ3n) is 3.46. The van der Waals surface area contributed by atoms with Crippen molar-refractivity contribution in [2.75, 3.05) is 11.9 Å². The van der Waals surface area contributed by atoms with Crippen molar-refractivity contribution in [2.24, 2.45) is 0 Å². The Morgan fingerprint density at radius 1 is 1.44 bits per heavy atom. The van der Waals surface area contributed by atoms with Gasteiger partial charge in [-0.3, -0.25) is 14.9 Å². The number of nitrogens with zero attached hydrogens (tertiary/aromatic N) is 2. The van der Waals surface area contributed by atoms with Gasteiger partial charge in [-0.1, -0.05) is 12.1 Å². The van der Waals surface area contributed by atoms with E-state index in [9.17, 15) is 25.0 Å². The largest absolute Gasteiger partial charge is 0.462 e. The van der Waals surface area contributed by atoms with Crippen molar-refractivity contribution in [3.63, 3.8) is 0 Å². The van der Waals surface area contributed by atoms with Crippen molar-refractivity contribution in [1.82, 2.24) is 0 Å². The van der Waals surface area contributed by atoms with Crippen LogP contribution in [0.2, 0.25) is 0 Å². The molecular formula is C18H15N3O5S. The fourth-order valence-corrected chi connectivity index (χ4v) is 3.25. The van der Waals surface area contributed by atoms with E-state index in [4.69, 9.17) is 4.74 Å². The molecule has 1 aromatic heterocycles. The smallest absolute Gasteiger partial charge is 0.348 e. The van der Waals surface area contributed by atoms with E-state index in [2.05, 4.69) is 5.32 Å². The quantitative estimate of drug-likeness (QED) is 0.350. The van der Waals surface area contributed by atoms with E-state index in [1.54, 1.807) is 19.9 Å². The number of rotatable bonds is 6. The fraction of sp³-hybridized carbons (Fsp3) is 0.167. The third kappa shape index (κ3) is 4.77. The van der Waals surface area contributed by atoms with E-state index >= 15 is 0 Å². The maximum absolute atomic E-state index is 12.1. The molecule has 0 saturated heterocycles.